The number of benzene rings is 2. The summed E-state index contributed by atoms with van der Waals surface area (Å²) >= 11 is 0. The minimum atomic E-state index is -3.91. The maximum atomic E-state index is 13.0. The highest BCUT2D eigenvalue weighted by Gasteiger charge is 2.21. The van der Waals surface area contributed by atoms with Gasteiger partial charge in [-0.2, -0.15) is 0 Å². The van der Waals surface area contributed by atoms with Crippen molar-refractivity contribution in [2.75, 3.05) is 11.8 Å². The highest BCUT2D eigenvalue weighted by atomic mass is 32.2. The Bertz CT molecular complexity index is 1120. The molecule has 0 unspecified atom stereocenters. The number of amides is 1. The van der Waals surface area contributed by atoms with Gasteiger partial charge in [-0.3, -0.25) is 9.52 Å². The molecule has 8 heteroatoms. The molecule has 0 aliphatic carbocycles. The summed E-state index contributed by atoms with van der Waals surface area (Å²) in [5.74, 6) is 0.888. The molecule has 30 heavy (non-hydrogen) atoms. The van der Waals surface area contributed by atoms with Gasteiger partial charge in [0.05, 0.1) is 36.1 Å². The van der Waals surface area contributed by atoms with E-state index < -0.39 is 15.9 Å². The van der Waals surface area contributed by atoms with Crippen molar-refractivity contribution in [3.05, 3.63) is 77.7 Å². The second kappa shape index (κ2) is 9.04. The molecule has 0 atom stereocenters. The van der Waals surface area contributed by atoms with Crippen LogP contribution in [-0.4, -0.2) is 21.4 Å². The number of rotatable bonds is 8. The lowest BCUT2D eigenvalue weighted by atomic mass is 10.0. The van der Waals surface area contributed by atoms with E-state index in [0.717, 1.165) is 5.56 Å². The van der Waals surface area contributed by atoms with Gasteiger partial charge in [-0.1, -0.05) is 26.0 Å². The van der Waals surface area contributed by atoms with Crippen LogP contribution in [0, 0.1) is 0 Å². The first kappa shape index (κ1) is 21.4. The molecule has 0 saturated carbocycles. The predicted octanol–water partition coefficient (Wildman–Crippen LogP) is 4.14. The molecule has 1 aromatic heterocycles. The fraction of sp³-hybridized carbons (Fsp3) is 0.227. The van der Waals surface area contributed by atoms with Gasteiger partial charge in [-0.25, -0.2) is 8.42 Å². The number of nitrogens with one attached hydrogen (secondary N) is 2. The van der Waals surface area contributed by atoms with Crippen molar-refractivity contribution in [3.63, 3.8) is 0 Å². The average Bonchev–Trinajstić information content (AvgIpc) is 3.25. The van der Waals surface area contributed by atoms with Gasteiger partial charge in [0.2, 0.25) is 0 Å². The lowest BCUT2D eigenvalue weighted by molar-refractivity contribution is 0.0949. The molecule has 0 aliphatic heterocycles. The van der Waals surface area contributed by atoms with Crippen molar-refractivity contribution in [1.82, 2.24) is 5.32 Å². The molecular weight excluding hydrogens is 404 g/mol. The Hall–Kier alpha value is -3.26. The zero-order chi connectivity index (χ0) is 21.7. The van der Waals surface area contributed by atoms with Crippen LogP contribution in [0.1, 0.15) is 41.4 Å². The third-order valence-electron chi connectivity index (χ3n) is 4.55. The van der Waals surface area contributed by atoms with E-state index in [1.165, 1.54) is 12.3 Å². The van der Waals surface area contributed by atoms with Gasteiger partial charge in [0.1, 0.15) is 11.5 Å². The molecule has 3 rings (SSSR count). The topological polar surface area (TPSA) is 97.6 Å². The number of sulfonamides is 1. The van der Waals surface area contributed by atoms with Crippen LogP contribution in [0.3, 0.4) is 0 Å². The molecule has 3 aromatic rings. The zero-order valence-corrected chi connectivity index (χ0v) is 17.8. The van der Waals surface area contributed by atoms with E-state index >= 15 is 0 Å². The molecule has 1 amide bonds. The van der Waals surface area contributed by atoms with Crippen LogP contribution in [0.4, 0.5) is 5.69 Å². The summed E-state index contributed by atoms with van der Waals surface area (Å²) in [5.41, 5.74) is 1.19. The number of hydrogen-bond donors (Lipinski definition) is 2. The van der Waals surface area contributed by atoms with E-state index in [1.807, 2.05) is 13.8 Å². The maximum Gasteiger partial charge on any atom is 0.261 e. The molecule has 1 heterocycles. The van der Waals surface area contributed by atoms with Crippen molar-refractivity contribution in [1.29, 1.82) is 0 Å². The SMILES string of the molecule is COc1ccc(S(=O)(=O)Nc2ccccc2C(=O)NCc2ccco2)cc1C(C)C. The summed E-state index contributed by atoms with van der Waals surface area (Å²) in [5, 5.41) is 2.72. The summed E-state index contributed by atoms with van der Waals surface area (Å²) < 4.78 is 39.0. The molecule has 2 aromatic carbocycles. The van der Waals surface area contributed by atoms with Gasteiger partial charge in [0.15, 0.2) is 0 Å². The quantitative estimate of drug-likeness (QED) is 0.562. The third kappa shape index (κ3) is 4.83. The fourth-order valence-corrected chi connectivity index (χ4v) is 4.10. The second-order valence-electron chi connectivity index (χ2n) is 6.97. The lowest BCUT2D eigenvalue weighted by Crippen LogP contribution is -2.24. The minimum absolute atomic E-state index is 0.0785. The molecule has 0 spiro atoms. The van der Waals surface area contributed by atoms with Crippen LogP contribution in [0.15, 0.2) is 70.2 Å². The average molecular weight is 429 g/mol. The summed E-state index contributed by atoms with van der Waals surface area (Å²) in [6, 6.07) is 14.6. The van der Waals surface area contributed by atoms with Crippen molar-refractivity contribution in [2.24, 2.45) is 0 Å². The molecule has 0 bridgehead atoms. The highest BCUT2D eigenvalue weighted by molar-refractivity contribution is 7.92. The summed E-state index contributed by atoms with van der Waals surface area (Å²) in [4.78, 5) is 12.7. The minimum Gasteiger partial charge on any atom is -0.496 e. The standard InChI is InChI=1S/C22H24N2O5S/c1-15(2)19-13-17(10-11-21(19)28-3)30(26,27)24-20-9-5-4-8-18(20)22(25)23-14-16-7-6-12-29-16/h4-13,15,24H,14H2,1-3H3,(H,23,25). The molecule has 0 saturated heterocycles. The van der Waals surface area contributed by atoms with Gasteiger partial charge in [-0.05, 0) is 53.9 Å². The Kier molecular flexibility index (Phi) is 6.47. The number of ether oxygens (including phenoxy) is 1. The number of hydrogen-bond acceptors (Lipinski definition) is 5. The van der Waals surface area contributed by atoms with Crippen molar-refractivity contribution in [3.8, 4) is 5.75 Å². The first-order chi connectivity index (χ1) is 14.3. The smallest absolute Gasteiger partial charge is 0.261 e. The predicted molar refractivity (Wildman–Crippen MR) is 114 cm³/mol. The van der Waals surface area contributed by atoms with Crippen LogP contribution in [0.2, 0.25) is 0 Å². The van der Waals surface area contributed by atoms with E-state index in [4.69, 9.17) is 9.15 Å². The lowest BCUT2D eigenvalue weighted by Gasteiger charge is -2.16. The van der Waals surface area contributed by atoms with Crippen molar-refractivity contribution in [2.45, 2.75) is 31.2 Å². The van der Waals surface area contributed by atoms with E-state index in [2.05, 4.69) is 10.0 Å². The molecule has 7 nitrogen and oxygen atoms in total. The number of methoxy groups -OCH3 is 1. The van der Waals surface area contributed by atoms with Gasteiger partial charge < -0.3 is 14.5 Å². The molecule has 0 aliphatic rings. The number of para-hydroxylation sites is 1. The number of anilines is 1. The third-order valence-corrected chi connectivity index (χ3v) is 5.92. The Morgan fingerprint density at radius 1 is 1.10 bits per heavy atom. The van der Waals surface area contributed by atoms with Crippen LogP contribution in [0.5, 0.6) is 5.75 Å². The van der Waals surface area contributed by atoms with Gasteiger partial charge in [0.25, 0.3) is 15.9 Å². The summed E-state index contributed by atoms with van der Waals surface area (Å²) in [7, 11) is -2.37. The van der Waals surface area contributed by atoms with E-state index in [0.29, 0.717) is 11.5 Å². The summed E-state index contributed by atoms with van der Waals surface area (Å²) in [6.07, 6.45) is 1.52. The number of carbonyl (C=O) groups is 1. The van der Waals surface area contributed by atoms with Gasteiger partial charge in [0, 0.05) is 0 Å². The van der Waals surface area contributed by atoms with Crippen LogP contribution < -0.4 is 14.8 Å². The molecular formula is C22H24N2O5S. The van der Waals surface area contributed by atoms with Crippen molar-refractivity contribution < 1.29 is 22.4 Å². The van der Waals surface area contributed by atoms with Crippen molar-refractivity contribution >= 4 is 21.6 Å². The second-order valence-corrected chi connectivity index (χ2v) is 8.65. The number of furan rings is 1. The Morgan fingerprint density at radius 2 is 1.87 bits per heavy atom. The number of carbonyl (C=O) groups excluding carboxylic acids is 1. The van der Waals surface area contributed by atoms with Gasteiger partial charge in [-0.15, -0.1) is 0 Å². The monoisotopic (exact) mass is 428 g/mol. The molecule has 158 valence electrons. The van der Waals surface area contributed by atoms with Crippen LogP contribution >= 0.6 is 0 Å². The first-order valence-corrected chi connectivity index (χ1v) is 10.9. The van der Waals surface area contributed by atoms with E-state index in [9.17, 15) is 13.2 Å². The van der Waals surface area contributed by atoms with Crippen LogP contribution in [-0.2, 0) is 16.6 Å². The fourth-order valence-electron chi connectivity index (χ4n) is 2.98. The Labute approximate surface area is 176 Å². The Morgan fingerprint density at radius 3 is 2.53 bits per heavy atom. The molecule has 0 radical (unpaired) electrons. The maximum absolute atomic E-state index is 13.0. The van der Waals surface area contributed by atoms with Crippen LogP contribution in [0.25, 0.3) is 0 Å². The van der Waals surface area contributed by atoms with E-state index in [1.54, 1.807) is 55.6 Å². The largest absolute Gasteiger partial charge is 0.496 e. The molecule has 0 fully saturated rings. The summed E-state index contributed by atoms with van der Waals surface area (Å²) in [6.45, 7) is 4.11. The highest BCUT2D eigenvalue weighted by Crippen LogP contribution is 2.30. The normalized spacial score (nSPS) is 11.3. The van der Waals surface area contributed by atoms with Gasteiger partial charge >= 0.3 is 0 Å². The Balaban J connectivity index is 1.85. The first-order valence-electron chi connectivity index (χ1n) is 9.42. The zero-order valence-electron chi connectivity index (χ0n) is 17.0. The van der Waals surface area contributed by atoms with E-state index in [-0.39, 0.29) is 28.6 Å². The molecule has 2 N–H and O–H groups in total.